The standard InChI is InChI=1S/C10H18N2OS/c1-7(2)13-5-9(11)4-10-12-8(3)6-14-10/h6-7,9H,4-5,11H2,1-3H3. The second kappa shape index (κ2) is 5.44. The van der Waals surface area contributed by atoms with Gasteiger partial charge in [0.1, 0.15) is 0 Å². The summed E-state index contributed by atoms with van der Waals surface area (Å²) < 4.78 is 5.43. The lowest BCUT2D eigenvalue weighted by atomic mass is 10.2. The maximum Gasteiger partial charge on any atom is 0.0944 e. The molecule has 0 bridgehead atoms. The van der Waals surface area contributed by atoms with Gasteiger partial charge < -0.3 is 10.5 Å². The van der Waals surface area contributed by atoms with Gasteiger partial charge in [0.15, 0.2) is 0 Å². The van der Waals surface area contributed by atoms with Crippen molar-refractivity contribution < 1.29 is 4.74 Å². The molecular weight excluding hydrogens is 196 g/mol. The molecule has 0 amide bonds. The fraction of sp³-hybridized carbons (Fsp3) is 0.700. The molecule has 14 heavy (non-hydrogen) atoms. The van der Waals surface area contributed by atoms with E-state index in [1.54, 1.807) is 11.3 Å². The minimum Gasteiger partial charge on any atom is -0.377 e. The highest BCUT2D eigenvalue weighted by atomic mass is 32.1. The van der Waals surface area contributed by atoms with Crippen LogP contribution >= 0.6 is 11.3 Å². The molecule has 0 aliphatic carbocycles. The summed E-state index contributed by atoms with van der Waals surface area (Å²) in [7, 11) is 0. The molecule has 1 aromatic heterocycles. The third-order valence-electron chi connectivity index (χ3n) is 1.75. The van der Waals surface area contributed by atoms with Crippen molar-refractivity contribution in [2.24, 2.45) is 5.73 Å². The first-order valence-corrected chi connectivity index (χ1v) is 5.74. The molecule has 3 nitrogen and oxygen atoms in total. The van der Waals surface area contributed by atoms with Gasteiger partial charge in [0, 0.05) is 23.5 Å². The van der Waals surface area contributed by atoms with Crippen LogP contribution in [0.2, 0.25) is 0 Å². The number of aromatic nitrogens is 1. The molecule has 0 spiro atoms. The van der Waals surface area contributed by atoms with Crippen LogP contribution in [0, 0.1) is 6.92 Å². The third kappa shape index (κ3) is 4.17. The van der Waals surface area contributed by atoms with Crippen LogP contribution in [0.25, 0.3) is 0 Å². The van der Waals surface area contributed by atoms with Crippen molar-refractivity contribution in [3.05, 3.63) is 16.1 Å². The number of hydrogen-bond acceptors (Lipinski definition) is 4. The summed E-state index contributed by atoms with van der Waals surface area (Å²) in [5.74, 6) is 0. The largest absolute Gasteiger partial charge is 0.377 e. The van der Waals surface area contributed by atoms with Crippen LogP contribution in [-0.4, -0.2) is 23.7 Å². The van der Waals surface area contributed by atoms with Crippen molar-refractivity contribution in [1.29, 1.82) is 0 Å². The average Bonchev–Trinajstić information content (AvgIpc) is 2.48. The average molecular weight is 214 g/mol. The topological polar surface area (TPSA) is 48.1 Å². The maximum absolute atomic E-state index is 5.90. The molecule has 80 valence electrons. The number of rotatable bonds is 5. The molecule has 2 N–H and O–H groups in total. The van der Waals surface area contributed by atoms with Gasteiger partial charge in [-0.2, -0.15) is 0 Å². The molecule has 1 rings (SSSR count). The molecule has 1 unspecified atom stereocenters. The number of nitrogens with two attached hydrogens (primary N) is 1. The molecule has 0 aromatic carbocycles. The molecule has 4 heteroatoms. The van der Waals surface area contributed by atoms with E-state index in [0.29, 0.717) is 6.61 Å². The Labute approximate surface area is 89.3 Å². The molecule has 0 fully saturated rings. The Balaban J connectivity index is 2.30. The fourth-order valence-electron chi connectivity index (χ4n) is 1.10. The molecule has 0 saturated carbocycles. The quantitative estimate of drug-likeness (QED) is 0.812. The van der Waals surface area contributed by atoms with Gasteiger partial charge >= 0.3 is 0 Å². The Hall–Kier alpha value is -0.450. The molecular formula is C10H18N2OS. The van der Waals surface area contributed by atoms with Gasteiger partial charge in [-0.25, -0.2) is 4.98 Å². The van der Waals surface area contributed by atoms with Crippen molar-refractivity contribution in [2.45, 2.75) is 39.3 Å². The van der Waals surface area contributed by atoms with Gasteiger partial charge in [-0.05, 0) is 20.8 Å². The molecule has 1 atom stereocenters. The summed E-state index contributed by atoms with van der Waals surface area (Å²) in [5, 5.41) is 3.15. The van der Waals surface area contributed by atoms with Crippen LogP contribution in [-0.2, 0) is 11.2 Å². The third-order valence-corrected chi connectivity index (χ3v) is 2.74. The normalized spacial score (nSPS) is 13.5. The first-order valence-electron chi connectivity index (χ1n) is 4.86. The van der Waals surface area contributed by atoms with Crippen LogP contribution < -0.4 is 5.73 Å². The number of ether oxygens (including phenoxy) is 1. The molecule has 0 aliphatic rings. The van der Waals surface area contributed by atoms with E-state index in [0.717, 1.165) is 17.1 Å². The molecule has 1 aromatic rings. The maximum atomic E-state index is 5.90. The predicted octanol–water partition coefficient (Wildman–Crippen LogP) is 1.75. The zero-order valence-corrected chi connectivity index (χ0v) is 9.80. The van der Waals surface area contributed by atoms with E-state index in [2.05, 4.69) is 4.98 Å². The van der Waals surface area contributed by atoms with Gasteiger partial charge in [-0.3, -0.25) is 0 Å². The minimum absolute atomic E-state index is 0.0583. The van der Waals surface area contributed by atoms with E-state index in [-0.39, 0.29) is 12.1 Å². The van der Waals surface area contributed by atoms with Crippen LogP contribution in [0.3, 0.4) is 0 Å². The van der Waals surface area contributed by atoms with E-state index in [9.17, 15) is 0 Å². The first kappa shape index (κ1) is 11.6. The molecule has 0 radical (unpaired) electrons. The monoisotopic (exact) mass is 214 g/mol. The van der Waals surface area contributed by atoms with E-state index in [4.69, 9.17) is 10.5 Å². The second-order valence-corrected chi connectivity index (χ2v) is 4.67. The summed E-state index contributed by atoms with van der Waals surface area (Å²) in [4.78, 5) is 4.36. The van der Waals surface area contributed by atoms with Crippen molar-refractivity contribution in [2.75, 3.05) is 6.61 Å². The fourth-order valence-corrected chi connectivity index (χ4v) is 1.96. The Morgan fingerprint density at radius 1 is 1.57 bits per heavy atom. The minimum atomic E-state index is 0.0583. The number of thiazole rings is 1. The zero-order chi connectivity index (χ0) is 10.6. The summed E-state index contributed by atoms with van der Waals surface area (Å²) in [5.41, 5.74) is 6.98. The van der Waals surface area contributed by atoms with Gasteiger partial charge in [-0.1, -0.05) is 0 Å². The van der Waals surface area contributed by atoms with Crippen LogP contribution in [0.1, 0.15) is 24.5 Å². The van der Waals surface area contributed by atoms with Gasteiger partial charge in [0.2, 0.25) is 0 Å². The molecule has 1 heterocycles. The first-order chi connectivity index (χ1) is 6.58. The van der Waals surface area contributed by atoms with Crippen LogP contribution in [0.5, 0.6) is 0 Å². The van der Waals surface area contributed by atoms with E-state index in [1.165, 1.54) is 0 Å². The predicted molar refractivity (Wildman–Crippen MR) is 59.6 cm³/mol. The summed E-state index contributed by atoms with van der Waals surface area (Å²) in [6, 6.07) is 0.0583. The van der Waals surface area contributed by atoms with Crippen molar-refractivity contribution in [1.82, 2.24) is 4.98 Å². The summed E-state index contributed by atoms with van der Waals surface area (Å²) in [6.45, 7) is 6.63. The lowest BCUT2D eigenvalue weighted by Crippen LogP contribution is -2.29. The van der Waals surface area contributed by atoms with Crippen molar-refractivity contribution in [3.8, 4) is 0 Å². The van der Waals surface area contributed by atoms with Gasteiger partial charge in [0.05, 0.1) is 17.7 Å². The van der Waals surface area contributed by atoms with Gasteiger partial charge in [-0.15, -0.1) is 11.3 Å². The molecule has 0 aliphatic heterocycles. The lowest BCUT2D eigenvalue weighted by molar-refractivity contribution is 0.0684. The van der Waals surface area contributed by atoms with Crippen molar-refractivity contribution >= 4 is 11.3 Å². The Morgan fingerprint density at radius 3 is 2.79 bits per heavy atom. The van der Waals surface area contributed by atoms with Crippen LogP contribution in [0.4, 0.5) is 0 Å². The lowest BCUT2D eigenvalue weighted by Gasteiger charge is -2.12. The summed E-state index contributed by atoms with van der Waals surface area (Å²) in [6.07, 6.45) is 1.06. The zero-order valence-electron chi connectivity index (χ0n) is 8.99. The van der Waals surface area contributed by atoms with Crippen molar-refractivity contribution in [3.63, 3.8) is 0 Å². The van der Waals surface area contributed by atoms with E-state index >= 15 is 0 Å². The van der Waals surface area contributed by atoms with Crippen LogP contribution in [0.15, 0.2) is 5.38 Å². The highest BCUT2D eigenvalue weighted by Crippen LogP contribution is 2.10. The number of nitrogens with zero attached hydrogens (tertiary/aromatic N) is 1. The number of hydrogen-bond donors (Lipinski definition) is 1. The Kier molecular flexibility index (Phi) is 4.51. The SMILES string of the molecule is Cc1csc(CC(N)COC(C)C)n1. The summed E-state index contributed by atoms with van der Waals surface area (Å²) >= 11 is 1.67. The highest BCUT2D eigenvalue weighted by Gasteiger charge is 2.07. The highest BCUT2D eigenvalue weighted by molar-refractivity contribution is 7.09. The Morgan fingerprint density at radius 2 is 2.29 bits per heavy atom. The van der Waals surface area contributed by atoms with E-state index < -0.39 is 0 Å². The smallest absolute Gasteiger partial charge is 0.0944 e. The van der Waals surface area contributed by atoms with Gasteiger partial charge in [0.25, 0.3) is 0 Å². The second-order valence-electron chi connectivity index (χ2n) is 3.73. The number of aryl methyl sites for hydroxylation is 1. The Bertz CT molecular complexity index is 273. The molecule has 0 saturated heterocycles. The van der Waals surface area contributed by atoms with E-state index in [1.807, 2.05) is 26.2 Å².